The van der Waals surface area contributed by atoms with Gasteiger partial charge in [-0.3, -0.25) is 4.79 Å². The van der Waals surface area contributed by atoms with Crippen molar-refractivity contribution in [2.75, 3.05) is 0 Å². The molecule has 0 saturated carbocycles. The van der Waals surface area contributed by atoms with E-state index in [2.05, 4.69) is 11.2 Å². The van der Waals surface area contributed by atoms with E-state index in [1.165, 1.54) is 12.1 Å². The molecule has 1 aliphatic carbocycles. The van der Waals surface area contributed by atoms with Crippen molar-refractivity contribution in [2.45, 2.75) is 25.9 Å². The van der Waals surface area contributed by atoms with Crippen molar-refractivity contribution >= 4 is 5.97 Å². The minimum Gasteiger partial charge on any atom is -0.459 e. The molecule has 1 aromatic carbocycles. The molecule has 1 heterocycles. The van der Waals surface area contributed by atoms with Crippen LogP contribution in [0.5, 0.6) is 0 Å². The highest BCUT2D eigenvalue weighted by Crippen LogP contribution is 2.23. The fourth-order valence-electron chi connectivity index (χ4n) is 2.43. The van der Waals surface area contributed by atoms with Gasteiger partial charge in [0.05, 0.1) is 5.92 Å². The monoisotopic (exact) mass is 301 g/mol. The Morgan fingerprint density at radius 2 is 2.27 bits per heavy atom. The third-order valence-corrected chi connectivity index (χ3v) is 3.63. The number of halogens is 1. The smallest absolute Gasteiger partial charge is 0.309 e. The predicted molar refractivity (Wildman–Crippen MR) is 78.2 cm³/mol. The van der Waals surface area contributed by atoms with Crippen LogP contribution in [-0.4, -0.2) is 11.1 Å². The van der Waals surface area contributed by atoms with Crippen molar-refractivity contribution in [3.8, 4) is 11.3 Å². The number of allylic oxidation sites excluding steroid dienone is 2. The van der Waals surface area contributed by atoms with Crippen LogP contribution >= 0.6 is 0 Å². The molecular weight excluding hydrogens is 285 g/mol. The van der Waals surface area contributed by atoms with E-state index in [1.54, 1.807) is 18.2 Å². The van der Waals surface area contributed by atoms with E-state index in [1.807, 2.05) is 6.08 Å². The zero-order valence-corrected chi connectivity index (χ0v) is 12.0. The van der Waals surface area contributed by atoms with Crippen LogP contribution in [0.25, 0.3) is 11.3 Å². The summed E-state index contributed by atoms with van der Waals surface area (Å²) in [6.07, 6.45) is 6.54. The third-order valence-electron chi connectivity index (χ3n) is 3.63. The largest absolute Gasteiger partial charge is 0.459 e. The summed E-state index contributed by atoms with van der Waals surface area (Å²) in [4.78, 5) is 11.9. The number of benzene rings is 1. The number of carbonyl (C=O) groups is 1. The molecule has 1 atom stereocenters. The minimum atomic E-state index is -0.341. The van der Waals surface area contributed by atoms with E-state index < -0.39 is 0 Å². The van der Waals surface area contributed by atoms with E-state index in [9.17, 15) is 9.18 Å². The zero-order valence-electron chi connectivity index (χ0n) is 12.0. The number of carbonyl (C=O) groups excluding carboxylic acids is 1. The van der Waals surface area contributed by atoms with Gasteiger partial charge in [0.25, 0.3) is 0 Å². The Morgan fingerprint density at radius 1 is 1.36 bits per heavy atom. The van der Waals surface area contributed by atoms with Gasteiger partial charge in [-0.1, -0.05) is 29.4 Å². The summed E-state index contributed by atoms with van der Waals surface area (Å²) in [6, 6.07) is 7.71. The van der Waals surface area contributed by atoms with Crippen LogP contribution in [0.3, 0.4) is 0 Å². The Balaban J connectivity index is 1.60. The molecule has 3 rings (SSSR count). The van der Waals surface area contributed by atoms with Crippen LogP contribution in [0, 0.1) is 11.7 Å². The molecule has 1 aliphatic rings. The molecule has 2 aromatic rings. The van der Waals surface area contributed by atoms with Crippen LogP contribution in [0.2, 0.25) is 0 Å². The number of hydrogen-bond donors (Lipinski definition) is 0. The lowest BCUT2D eigenvalue weighted by molar-refractivity contribution is -0.150. The Bertz CT molecular complexity index is 693. The van der Waals surface area contributed by atoms with E-state index in [0.29, 0.717) is 17.0 Å². The van der Waals surface area contributed by atoms with Crippen LogP contribution < -0.4 is 0 Å². The molecule has 22 heavy (non-hydrogen) atoms. The maximum absolute atomic E-state index is 13.2. The molecule has 1 aromatic heterocycles. The second kappa shape index (κ2) is 6.56. The first-order valence-electron chi connectivity index (χ1n) is 7.25. The topological polar surface area (TPSA) is 52.3 Å². The van der Waals surface area contributed by atoms with Gasteiger partial charge >= 0.3 is 5.97 Å². The molecule has 4 nitrogen and oxygen atoms in total. The van der Waals surface area contributed by atoms with Crippen LogP contribution in [-0.2, 0) is 16.1 Å². The van der Waals surface area contributed by atoms with E-state index >= 15 is 0 Å². The van der Waals surface area contributed by atoms with Crippen molar-refractivity contribution in [1.29, 1.82) is 0 Å². The van der Waals surface area contributed by atoms with Crippen molar-refractivity contribution in [2.24, 2.45) is 5.92 Å². The molecule has 0 unspecified atom stereocenters. The Hall–Kier alpha value is -2.43. The van der Waals surface area contributed by atoms with Gasteiger partial charge in [-0.25, -0.2) is 4.39 Å². The number of nitrogens with zero attached hydrogens (tertiary/aromatic N) is 1. The summed E-state index contributed by atoms with van der Waals surface area (Å²) in [7, 11) is 0. The highest BCUT2D eigenvalue weighted by atomic mass is 19.1. The van der Waals surface area contributed by atoms with Gasteiger partial charge < -0.3 is 9.26 Å². The maximum atomic E-state index is 13.2. The van der Waals surface area contributed by atoms with Crippen LogP contribution in [0.1, 0.15) is 25.0 Å². The maximum Gasteiger partial charge on any atom is 0.309 e. The molecule has 0 aliphatic heterocycles. The fraction of sp³-hybridized carbons (Fsp3) is 0.294. The summed E-state index contributed by atoms with van der Waals surface area (Å²) in [5.41, 5.74) is 1.11. The van der Waals surface area contributed by atoms with Crippen molar-refractivity contribution < 1.29 is 18.4 Å². The minimum absolute atomic E-state index is 0.0673. The number of esters is 1. The predicted octanol–water partition coefficient (Wildman–Crippen LogP) is 3.88. The van der Waals surface area contributed by atoms with Crippen LogP contribution in [0.4, 0.5) is 4.39 Å². The standard InChI is InChI=1S/C17H16FNO3/c18-14-8-4-7-13(9-14)16-10-15(19-22-16)11-21-17(20)12-5-2-1-3-6-12/h1-2,4,7-10,12H,3,5-6,11H2/t12-/m1/s1. The second-order valence-electron chi connectivity index (χ2n) is 5.28. The van der Waals surface area contributed by atoms with Crippen molar-refractivity contribution in [1.82, 2.24) is 5.16 Å². The summed E-state index contributed by atoms with van der Waals surface area (Å²) >= 11 is 0. The molecule has 0 N–H and O–H groups in total. The summed E-state index contributed by atoms with van der Waals surface area (Å²) in [6.45, 7) is 0.0673. The number of ether oxygens (including phenoxy) is 1. The summed E-state index contributed by atoms with van der Waals surface area (Å²) in [5, 5.41) is 3.85. The zero-order chi connectivity index (χ0) is 15.4. The van der Waals surface area contributed by atoms with E-state index in [4.69, 9.17) is 9.26 Å². The Kier molecular flexibility index (Phi) is 4.32. The third kappa shape index (κ3) is 3.42. The molecule has 114 valence electrons. The van der Waals surface area contributed by atoms with E-state index in [-0.39, 0.29) is 24.3 Å². The van der Waals surface area contributed by atoms with Crippen molar-refractivity contribution in [3.63, 3.8) is 0 Å². The highest BCUT2D eigenvalue weighted by Gasteiger charge is 2.20. The van der Waals surface area contributed by atoms with E-state index in [0.717, 1.165) is 19.3 Å². The quantitative estimate of drug-likeness (QED) is 0.635. The van der Waals surface area contributed by atoms with Gasteiger partial charge in [-0.2, -0.15) is 0 Å². The molecule has 5 heteroatoms. The molecule has 0 radical (unpaired) electrons. The number of hydrogen-bond acceptors (Lipinski definition) is 4. The Morgan fingerprint density at radius 3 is 3.05 bits per heavy atom. The SMILES string of the molecule is O=C(OCc1cc(-c2cccc(F)c2)on1)[C@@H]1CC=CCC1. The fourth-order valence-corrected chi connectivity index (χ4v) is 2.43. The first kappa shape index (κ1) is 14.5. The Labute approximate surface area is 127 Å². The van der Waals surface area contributed by atoms with Gasteiger partial charge in [0.15, 0.2) is 5.76 Å². The van der Waals surface area contributed by atoms with Gasteiger partial charge in [0.1, 0.15) is 18.1 Å². The first-order chi connectivity index (χ1) is 10.7. The lowest BCUT2D eigenvalue weighted by atomic mass is 9.95. The molecule has 0 saturated heterocycles. The van der Waals surface area contributed by atoms with Crippen LogP contribution in [0.15, 0.2) is 47.0 Å². The molecule has 0 bridgehead atoms. The van der Waals surface area contributed by atoms with Crippen molar-refractivity contribution in [3.05, 3.63) is 54.0 Å². The van der Waals surface area contributed by atoms with Gasteiger partial charge in [0.2, 0.25) is 0 Å². The number of aromatic nitrogens is 1. The highest BCUT2D eigenvalue weighted by molar-refractivity contribution is 5.72. The summed E-state index contributed by atoms with van der Waals surface area (Å²) in [5.74, 6) is -0.169. The van der Waals surface area contributed by atoms with Gasteiger partial charge in [0, 0.05) is 11.6 Å². The normalized spacial score (nSPS) is 17.4. The van der Waals surface area contributed by atoms with Gasteiger partial charge in [-0.05, 0) is 31.4 Å². The molecule has 0 amide bonds. The summed E-state index contributed by atoms with van der Waals surface area (Å²) < 4.78 is 23.6. The first-order valence-corrected chi connectivity index (χ1v) is 7.25. The molecule has 0 spiro atoms. The molecule has 0 fully saturated rings. The van der Waals surface area contributed by atoms with Gasteiger partial charge in [-0.15, -0.1) is 0 Å². The lowest BCUT2D eigenvalue weighted by Gasteiger charge is -2.15. The average molecular weight is 301 g/mol. The lowest BCUT2D eigenvalue weighted by Crippen LogP contribution is -2.18. The second-order valence-corrected chi connectivity index (χ2v) is 5.28. The average Bonchev–Trinajstić information content (AvgIpc) is 3.02. The molecular formula is C17H16FNO3. The number of rotatable bonds is 4.